The van der Waals surface area contributed by atoms with E-state index in [2.05, 4.69) is 10.4 Å². The van der Waals surface area contributed by atoms with E-state index in [9.17, 15) is 4.79 Å². The molecule has 2 aromatic rings. The van der Waals surface area contributed by atoms with E-state index in [1.165, 1.54) is 0 Å². The highest BCUT2D eigenvalue weighted by Crippen LogP contribution is 2.25. The fourth-order valence-corrected chi connectivity index (χ4v) is 2.17. The zero-order valence-electron chi connectivity index (χ0n) is 10.9. The maximum Gasteiger partial charge on any atom is 0.246 e. The third kappa shape index (κ3) is 3.26. The lowest BCUT2D eigenvalue weighted by Crippen LogP contribution is -2.20. The zero-order chi connectivity index (χ0) is 14.9. The van der Waals surface area contributed by atoms with Crippen LogP contribution in [0.3, 0.4) is 0 Å². The van der Waals surface area contributed by atoms with Crippen LogP contribution in [-0.2, 0) is 11.3 Å². The molecule has 0 saturated heterocycles. The number of aryl methyl sites for hydroxylation is 1. The van der Waals surface area contributed by atoms with Gasteiger partial charge in [0.1, 0.15) is 6.54 Å². The van der Waals surface area contributed by atoms with Crippen molar-refractivity contribution in [3.8, 4) is 0 Å². The SMILES string of the molecule is Cc1nn(CC(=O)Nc2ccc(Cl)c(Cl)c2)c(C)c1Cl. The summed E-state index contributed by atoms with van der Waals surface area (Å²) in [4.78, 5) is 12.0. The molecule has 20 heavy (non-hydrogen) atoms. The first-order valence-corrected chi connectivity index (χ1v) is 6.96. The van der Waals surface area contributed by atoms with Crippen LogP contribution in [0.5, 0.6) is 0 Å². The number of halogens is 3. The molecule has 1 heterocycles. The van der Waals surface area contributed by atoms with Crippen molar-refractivity contribution >= 4 is 46.4 Å². The van der Waals surface area contributed by atoms with Crippen molar-refractivity contribution in [2.75, 3.05) is 5.32 Å². The lowest BCUT2D eigenvalue weighted by atomic mass is 10.3. The number of rotatable bonds is 3. The molecule has 1 aromatic carbocycles. The van der Waals surface area contributed by atoms with Crippen molar-refractivity contribution in [2.24, 2.45) is 0 Å². The molecular weight excluding hydrogens is 321 g/mol. The monoisotopic (exact) mass is 331 g/mol. The van der Waals surface area contributed by atoms with E-state index in [1.54, 1.807) is 29.8 Å². The van der Waals surface area contributed by atoms with Crippen molar-refractivity contribution in [3.05, 3.63) is 44.7 Å². The topological polar surface area (TPSA) is 46.9 Å². The Morgan fingerprint density at radius 2 is 1.95 bits per heavy atom. The normalized spacial score (nSPS) is 10.7. The van der Waals surface area contributed by atoms with Gasteiger partial charge in [-0.05, 0) is 32.0 Å². The van der Waals surface area contributed by atoms with Crippen LogP contribution in [0, 0.1) is 13.8 Å². The van der Waals surface area contributed by atoms with E-state index in [0.717, 1.165) is 5.69 Å². The minimum Gasteiger partial charge on any atom is -0.324 e. The number of hydrogen-bond donors (Lipinski definition) is 1. The van der Waals surface area contributed by atoms with Gasteiger partial charge in [-0.2, -0.15) is 5.10 Å². The fourth-order valence-electron chi connectivity index (χ4n) is 1.74. The Bertz CT molecular complexity index is 667. The van der Waals surface area contributed by atoms with E-state index in [4.69, 9.17) is 34.8 Å². The number of benzene rings is 1. The molecule has 0 radical (unpaired) electrons. The number of amides is 1. The molecule has 2 rings (SSSR count). The minimum absolute atomic E-state index is 0.0830. The number of carbonyl (C=O) groups is 1. The Hall–Kier alpha value is -1.23. The number of carbonyl (C=O) groups excluding carboxylic acids is 1. The second kappa shape index (κ2) is 6.04. The van der Waals surface area contributed by atoms with Crippen LogP contribution in [0.4, 0.5) is 5.69 Å². The predicted octanol–water partition coefficient (Wildman–Crippen LogP) is 4.10. The summed E-state index contributed by atoms with van der Waals surface area (Å²) < 4.78 is 1.56. The summed E-state index contributed by atoms with van der Waals surface area (Å²) in [6, 6.07) is 4.90. The van der Waals surface area contributed by atoms with E-state index in [1.807, 2.05) is 6.92 Å². The molecule has 0 aliphatic heterocycles. The fraction of sp³-hybridized carbons (Fsp3) is 0.231. The second-order valence-corrected chi connectivity index (χ2v) is 5.51. The highest BCUT2D eigenvalue weighted by atomic mass is 35.5. The second-order valence-electron chi connectivity index (χ2n) is 4.32. The maximum absolute atomic E-state index is 12.0. The molecule has 0 bridgehead atoms. The number of aromatic nitrogens is 2. The van der Waals surface area contributed by atoms with Gasteiger partial charge in [0.25, 0.3) is 0 Å². The van der Waals surface area contributed by atoms with Crippen molar-refractivity contribution in [1.29, 1.82) is 0 Å². The maximum atomic E-state index is 12.0. The summed E-state index contributed by atoms with van der Waals surface area (Å²) in [5.74, 6) is -0.217. The Labute approximate surface area is 131 Å². The first kappa shape index (κ1) is 15.2. The van der Waals surface area contributed by atoms with Gasteiger partial charge in [-0.3, -0.25) is 9.48 Å². The standard InChI is InChI=1S/C13H12Cl3N3O/c1-7-13(16)8(2)19(18-7)6-12(20)17-9-3-4-10(14)11(15)5-9/h3-5H,6H2,1-2H3,(H,17,20). The Kier molecular flexibility index (Phi) is 4.58. The summed E-state index contributed by atoms with van der Waals surface area (Å²) in [6.07, 6.45) is 0. The molecule has 7 heteroatoms. The number of nitrogens with one attached hydrogen (secondary N) is 1. The van der Waals surface area contributed by atoms with Crippen molar-refractivity contribution in [3.63, 3.8) is 0 Å². The molecule has 1 amide bonds. The van der Waals surface area contributed by atoms with Crippen molar-refractivity contribution in [2.45, 2.75) is 20.4 Å². The van der Waals surface area contributed by atoms with Gasteiger partial charge < -0.3 is 5.32 Å². The lowest BCUT2D eigenvalue weighted by Gasteiger charge is -2.07. The van der Waals surface area contributed by atoms with Gasteiger partial charge in [-0.15, -0.1) is 0 Å². The third-order valence-electron chi connectivity index (χ3n) is 2.79. The predicted molar refractivity (Wildman–Crippen MR) is 81.8 cm³/mol. The van der Waals surface area contributed by atoms with Crippen LogP contribution in [0.1, 0.15) is 11.4 Å². The Morgan fingerprint density at radius 1 is 1.25 bits per heavy atom. The van der Waals surface area contributed by atoms with E-state index in [-0.39, 0.29) is 12.5 Å². The summed E-state index contributed by atoms with van der Waals surface area (Å²) in [6.45, 7) is 3.69. The molecule has 0 aliphatic rings. The summed E-state index contributed by atoms with van der Waals surface area (Å²) in [5, 5.41) is 8.33. The molecule has 0 unspecified atom stereocenters. The quantitative estimate of drug-likeness (QED) is 0.920. The van der Waals surface area contributed by atoms with Crippen LogP contribution in [0.25, 0.3) is 0 Å². The van der Waals surface area contributed by atoms with Crippen LogP contribution in [-0.4, -0.2) is 15.7 Å². The molecule has 1 aromatic heterocycles. The molecule has 0 fully saturated rings. The van der Waals surface area contributed by atoms with Gasteiger partial charge in [0.2, 0.25) is 5.91 Å². The highest BCUT2D eigenvalue weighted by Gasteiger charge is 2.12. The van der Waals surface area contributed by atoms with Gasteiger partial charge >= 0.3 is 0 Å². The van der Waals surface area contributed by atoms with Gasteiger partial charge in [-0.1, -0.05) is 34.8 Å². The number of nitrogens with zero attached hydrogens (tertiary/aromatic N) is 2. The molecule has 1 N–H and O–H groups in total. The number of hydrogen-bond acceptors (Lipinski definition) is 2. The molecule has 4 nitrogen and oxygen atoms in total. The van der Waals surface area contributed by atoms with Crippen molar-refractivity contribution < 1.29 is 4.79 Å². The molecular formula is C13H12Cl3N3O. The Morgan fingerprint density at radius 3 is 2.50 bits per heavy atom. The van der Waals surface area contributed by atoms with Gasteiger partial charge in [-0.25, -0.2) is 0 Å². The van der Waals surface area contributed by atoms with Gasteiger partial charge in [0.05, 0.1) is 26.5 Å². The molecule has 106 valence electrons. The first-order chi connectivity index (χ1) is 9.38. The van der Waals surface area contributed by atoms with E-state index in [0.29, 0.717) is 26.4 Å². The molecule has 0 saturated carbocycles. The molecule has 0 atom stereocenters. The first-order valence-electron chi connectivity index (χ1n) is 5.83. The van der Waals surface area contributed by atoms with Crippen LogP contribution in [0.15, 0.2) is 18.2 Å². The van der Waals surface area contributed by atoms with Gasteiger partial charge in [0.15, 0.2) is 0 Å². The summed E-state index contributed by atoms with van der Waals surface area (Å²) in [7, 11) is 0. The minimum atomic E-state index is -0.217. The van der Waals surface area contributed by atoms with Crippen LogP contribution in [0.2, 0.25) is 15.1 Å². The van der Waals surface area contributed by atoms with Crippen LogP contribution < -0.4 is 5.32 Å². The van der Waals surface area contributed by atoms with Crippen molar-refractivity contribution in [1.82, 2.24) is 9.78 Å². The largest absolute Gasteiger partial charge is 0.324 e. The Balaban J connectivity index is 2.09. The van der Waals surface area contributed by atoms with Gasteiger partial charge in [0, 0.05) is 5.69 Å². The molecule has 0 aliphatic carbocycles. The molecule has 0 spiro atoms. The van der Waals surface area contributed by atoms with Crippen LogP contribution >= 0.6 is 34.8 Å². The van der Waals surface area contributed by atoms with E-state index >= 15 is 0 Å². The zero-order valence-corrected chi connectivity index (χ0v) is 13.1. The van der Waals surface area contributed by atoms with E-state index < -0.39 is 0 Å². The average Bonchev–Trinajstić information content (AvgIpc) is 2.61. The smallest absolute Gasteiger partial charge is 0.246 e. The highest BCUT2D eigenvalue weighted by molar-refractivity contribution is 6.42. The summed E-state index contributed by atoms with van der Waals surface area (Å²) in [5.41, 5.74) is 2.04. The third-order valence-corrected chi connectivity index (χ3v) is 4.08. The number of anilines is 1. The summed E-state index contributed by atoms with van der Waals surface area (Å²) >= 11 is 17.7. The average molecular weight is 333 g/mol. The lowest BCUT2D eigenvalue weighted by molar-refractivity contribution is -0.116.